The highest BCUT2D eigenvalue weighted by Crippen LogP contribution is 2.36. The number of benzene rings is 1. The molecule has 1 aliphatic rings. The fourth-order valence-electron chi connectivity index (χ4n) is 4.94. The van der Waals surface area contributed by atoms with Crippen LogP contribution in [0.2, 0.25) is 5.02 Å². The molecule has 4 rings (SSSR count). The van der Waals surface area contributed by atoms with E-state index in [1.165, 1.54) is 6.07 Å². The summed E-state index contributed by atoms with van der Waals surface area (Å²) in [5, 5.41) is 4.00. The van der Waals surface area contributed by atoms with E-state index in [1.54, 1.807) is 19.1 Å². The lowest BCUT2D eigenvalue weighted by Gasteiger charge is -2.30. The molecule has 1 aliphatic heterocycles. The van der Waals surface area contributed by atoms with Crippen LogP contribution in [0.4, 0.5) is 8.78 Å². The lowest BCUT2D eigenvalue weighted by molar-refractivity contribution is -0.0506. The molecule has 1 aromatic carbocycles. The Bertz CT molecular complexity index is 1300. The Morgan fingerprint density at radius 2 is 2.00 bits per heavy atom. The van der Waals surface area contributed by atoms with Crippen LogP contribution in [0, 0.1) is 19.8 Å². The number of aromatic nitrogens is 2. The number of hydrogen-bond donors (Lipinski definition) is 2. The Hall–Kier alpha value is -2.91. The summed E-state index contributed by atoms with van der Waals surface area (Å²) in [4.78, 5) is 28.4. The average molecular weight is 508 g/mol. The van der Waals surface area contributed by atoms with E-state index >= 15 is 0 Å². The molecule has 1 saturated heterocycles. The zero-order chi connectivity index (χ0) is 25.3. The van der Waals surface area contributed by atoms with Crippen molar-refractivity contribution >= 4 is 28.4 Å². The lowest BCUT2D eigenvalue weighted by Crippen LogP contribution is -2.29. The van der Waals surface area contributed by atoms with Crippen LogP contribution in [0.3, 0.4) is 0 Å². The number of H-pyrrole nitrogens is 1. The summed E-state index contributed by atoms with van der Waals surface area (Å²) in [5.74, 6) is -0.301. The monoisotopic (exact) mass is 507 g/mol. The minimum absolute atomic E-state index is 0.0794. The quantitative estimate of drug-likeness (QED) is 0.465. The second-order valence-corrected chi connectivity index (χ2v) is 9.30. The van der Waals surface area contributed by atoms with Crippen molar-refractivity contribution in [2.75, 3.05) is 13.2 Å². The molecule has 7 nitrogen and oxygen atoms in total. The zero-order valence-electron chi connectivity index (χ0n) is 19.8. The molecule has 0 spiro atoms. The number of aryl methyl sites for hydroxylation is 1. The molecule has 188 valence electrons. The second kappa shape index (κ2) is 10.4. The minimum Gasteiger partial charge on any atom is -0.434 e. The number of aromatic amines is 1. The third kappa shape index (κ3) is 5.21. The van der Waals surface area contributed by atoms with Crippen molar-refractivity contribution in [2.24, 2.45) is 5.92 Å². The van der Waals surface area contributed by atoms with E-state index in [-0.39, 0.29) is 23.9 Å². The molecule has 2 aromatic heterocycles. The zero-order valence-corrected chi connectivity index (χ0v) is 20.5. The molecule has 3 heterocycles. The van der Waals surface area contributed by atoms with Gasteiger partial charge in [0, 0.05) is 47.1 Å². The Morgan fingerprint density at radius 1 is 1.29 bits per heavy atom. The van der Waals surface area contributed by atoms with Gasteiger partial charge in [0.15, 0.2) is 0 Å². The summed E-state index contributed by atoms with van der Waals surface area (Å²) < 4.78 is 37.9. The van der Waals surface area contributed by atoms with Gasteiger partial charge in [-0.2, -0.15) is 8.78 Å². The first-order valence-corrected chi connectivity index (χ1v) is 11.9. The summed E-state index contributed by atoms with van der Waals surface area (Å²) in [6, 6.07) is 6.78. The smallest absolute Gasteiger partial charge is 0.387 e. The molecule has 0 bridgehead atoms. The van der Waals surface area contributed by atoms with E-state index in [0.29, 0.717) is 35.4 Å². The number of fused-ring (bicyclic) bond motifs is 1. The van der Waals surface area contributed by atoms with Crippen molar-refractivity contribution in [3.8, 4) is 5.75 Å². The number of carbonyl (C=O) groups excluding carboxylic acids is 1. The fraction of sp³-hybridized carbons (Fsp3) is 0.440. The Morgan fingerprint density at radius 3 is 2.69 bits per heavy atom. The first-order chi connectivity index (χ1) is 16.7. The van der Waals surface area contributed by atoms with E-state index in [0.717, 1.165) is 29.4 Å². The summed E-state index contributed by atoms with van der Waals surface area (Å²) in [6.45, 7) is 3.61. The number of pyridine rings is 1. The summed E-state index contributed by atoms with van der Waals surface area (Å²) in [7, 11) is 0. The largest absolute Gasteiger partial charge is 0.434 e. The normalized spacial score (nSPS) is 15.5. The number of halogens is 3. The molecule has 1 amide bonds. The maximum Gasteiger partial charge on any atom is 0.387 e. The molecule has 2 N–H and O–H groups in total. The predicted molar refractivity (Wildman–Crippen MR) is 130 cm³/mol. The molecule has 10 heteroatoms. The number of rotatable bonds is 7. The van der Waals surface area contributed by atoms with Crippen LogP contribution < -0.4 is 15.6 Å². The van der Waals surface area contributed by atoms with Gasteiger partial charge in [0.25, 0.3) is 11.5 Å². The maximum absolute atomic E-state index is 13.4. The van der Waals surface area contributed by atoms with Gasteiger partial charge >= 0.3 is 6.61 Å². The van der Waals surface area contributed by atoms with Crippen LogP contribution in [-0.2, 0) is 11.3 Å². The van der Waals surface area contributed by atoms with Crippen LogP contribution in [0.5, 0.6) is 5.75 Å². The number of hydrogen-bond acceptors (Lipinski definition) is 4. The van der Waals surface area contributed by atoms with Gasteiger partial charge in [-0.05, 0) is 51.7 Å². The number of ether oxygens (including phenoxy) is 2. The van der Waals surface area contributed by atoms with Crippen LogP contribution in [-0.4, -0.2) is 35.3 Å². The third-order valence-corrected chi connectivity index (χ3v) is 6.90. The summed E-state index contributed by atoms with van der Waals surface area (Å²) in [6.07, 6.45) is 1.84. The molecule has 0 radical (unpaired) electrons. The van der Waals surface area contributed by atoms with Gasteiger partial charge in [0.05, 0.1) is 23.2 Å². The van der Waals surface area contributed by atoms with Crippen molar-refractivity contribution in [1.82, 2.24) is 14.9 Å². The molecule has 0 aliphatic carbocycles. The summed E-state index contributed by atoms with van der Waals surface area (Å²) in [5.41, 5.74) is 1.76. The highest BCUT2D eigenvalue weighted by atomic mass is 35.5. The fourth-order valence-corrected chi connectivity index (χ4v) is 5.11. The molecular weight excluding hydrogens is 480 g/mol. The topological polar surface area (TPSA) is 85.3 Å². The number of nitrogens with one attached hydrogen (secondary N) is 2. The van der Waals surface area contributed by atoms with Crippen molar-refractivity contribution in [1.29, 1.82) is 0 Å². The van der Waals surface area contributed by atoms with Crippen molar-refractivity contribution < 1.29 is 23.0 Å². The van der Waals surface area contributed by atoms with Crippen molar-refractivity contribution in [3.05, 3.63) is 62.2 Å². The SMILES string of the molecule is Cc1cc(OC(F)F)c(CNC(=O)c2c(C)n(C(C)C3CCOCC3)c3cc(Cl)ccc23)c(=O)[nH]1. The van der Waals surface area contributed by atoms with Gasteiger partial charge in [0.1, 0.15) is 5.75 Å². The average Bonchev–Trinajstić information content (AvgIpc) is 3.08. The van der Waals surface area contributed by atoms with Gasteiger partial charge in [0.2, 0.25) is 0 Å². The molecule has 1 fully saturated rings. The maximum atomic E-state index is 13.4. The Balaban J connectivity index is 1.69. The van der Waals surface area contributed by atoms with Crippen molar-refractivity contribution in [3.63, 3.8) is 0 Å². The van der Waals surface area contributed by atoms with Crippen LogP contribution in [0.25, 0.3) is 10.9 Å². The van der Waals surface area contributed by atoms with E-state index in [9.17, 15) is 18.4 Å². The Labute approximate surface area is 206 Å². The first-order valence-electron chi connectivity index (χ1n) is 11.5. The van der Waals surface area contributed by atoms with Crippen LogP contribution in [0.1, 0.15) is 53.1 Å². The van der Waals surface area contributed by atoms with Gasteiger partial charge in [-0.25, -0.2) is 0 Å². The lowest BCUT2D eigenvalue weighted by atomic mass is 9.92. The Kier molecular flexibility index (Phi) is 7.47. The molecular formula is C25H28ClF2N3O4. The van der Waals surface area contributed by atoms with Gasteiger partial charge < -0.3 is 24.3 Å². The molecule has 1 unspecified atom stereocenters. The van der Waals surface area contributed by atoms with Crippen LogP contribution in [0.15, 0.2) is 29.1 Å². The van der Waals surface area contributed by atoms with E-state index in [1.807, 2.05) is 13.0 Å². The predicted octanol–water partition coefficient (Wildman–Crippen LogP) is 5.12. The number of nitrogens with zero attached hydrogens (tertiary/aromatic N) is 1. The van der Waals surface area contributed by atoms with E-state index in [4.69, 9.17) is 16.3 Å². The molecule has 35 heavy (non-hydrogen) atoms. The van der Waals surface area contributed by atoms with Crippen molar-refractivity contribution in [2.45, 2.75) is 52.8 Å². The van der Waals surface area contributed by atoms with E-state index in [2.05, 4.69) is 26.5 Å². The molecule has 1 atom stereocenters. The first kappa shape index (κ1) is 25.2. The third-order valence-electron chi connectivity index (χ3n) is 6.67. The second-order valence-electron chi connectivity index (χ2n) is 8.87. The number of alkyl halides is 2. The minimum atomic E-state index is -3.10. The van der Waals surface area contributed by atoms with Gasteiger partial charge in [-0.3, -0.25) is 9.59 Å². The number of carbonyl (C=O) groups is 1. The standard InChI is InChI=1S/C25H28ClF2N3O4/c1-13-10-21(35-25(27)28)19(23(32)30-13)12-29-24(33)22-15(3)31(14(2)16-6-8-34-9-7-16)20-11-17(26)4-5-18(20)22/h4-5,10-11,14,16,25H,6-9,12H2,1-3H3,(H,29,33)(H,30,32). The van der Waals surface area contributed by atoms with Crippen LogP contribution >= 0.6 is 11.6 Å². The molecule has 0 saturated carbocycles. The van der Waals surface area contributed by atoms with E-state index < -0.39 is 18.1 Å². The van der Waals surface area contributed by atoms with Gasteiger partial charge in [-0.15, -0.1) is 0 Å². The van der Waals surface area contributed by atoms with Gasteiger partial charge in [-0.1, -0.05) is 17.7 Å². The highest BCUT2D eigenvalue weighted by molar-refractivity contribution is 6.31. The summed E-state index contributed by atoms with van der Waals surface area (Å²) >= 11 is 6.31. The number of amides is 1. The highest BCUT2D eigenvalue weighted by Gasteiger charge is 2.28. The molecule has 3 aromatic rings.